The number of halogens is 2. The third-order valence-corrected chi connectivity index (χ3v) is 3.71. The zero-order valence-corrected chi connectivity index (χ0v) is 13.3. The molecule has 0 saturated carbocycles. The first-order chi connectivity index (χ1) is 11.9. The number of anilines is 1. The Morgan fingerprint density at radius 2 is 2.08 bits per heavy atom. The SMILES string of the molecule is CC(=O)OCc1nnn2c1CN(C(=O)Nc1ccc(F)c(F)c1)CC2. The van der Waals surface area contributed by atoms with Crippen molar-refractivity contribution in [2.24, 2.45) is 0 Å². The van der Waals surface area contributed by atoms with Crippen LogP contribution in [0.3, 0.4) is 0 Å². The van der Waals surface area contributed by atoms with Gasteiger partial charge in [0.15, 0.2) is 11.6 Å². The summed E-state index contributed by atoms with van der Waals surface area (Å²) in [6, 6.07) is 2.67. The minimum absolute atomic E-state index is 0.0245. The number of nitrogens with zero attached hydrogens (tertiary/aromatic N) is 4. The summed E-state index contributed by atoms with van der Waals surface area (Å²) in [5.41, 5.74) is 1.29. The van der Waals surface area contributed by atoms with Crippen LogP contribution < -0.4 is 5.32 Å². The van der Waals surface area contributed by atoms with Gasteiger partial charge in [0.2, 0.25) is 0 Å². The second kappa shape index (κ2) is 6.83. The van der Waals surface area contributed by atoms with E-state index < -0.39 is 23.6 Å². The van der Waals surface area contributed by atoms with Gasteiger partial charge in [-0.2, -0.15) is 0 Å². The number of esters is 1. The van der Waals surface area contributed by atoms with Crippen molar-refractivity contribution in [2.75, 3.05) is 11.9 Å². The molecule has 0 radical (unpaired) electrons. The predicted octanol–water partition coefficient (Wildman–Crippen LogP) is 1.67. The van der Waals surface area contributed by atoms with E-state index in [1.54, 1.807) is 4.68 Å². The molecule has 8 nitrogen and oxygen atoms in total. The molecule has 0 aliphatic carbocycles. The molecule has 2 heterocycles. The van der Waals surface area contributed by atoms with Crippen molar-refractivity contribution >= 4 is 17.7 Å². The van der Waals surface area contributed by atoms with Crippen molar-refractivity contribution in [2.45, 2.75) is 26.6 Å². The number of hydrogen-bond acceptors (Lipinski definition) is 5. The van der Waals surface area contributed by atoms with Crippen LogP contribution in [0.1, 0.15) is 18.3 Å². The monoisotopic (exact) mass is 351 g/mol. The van der Waals surface area contributed by atoms with Crippen molar-refractivity contribution < 1.29 is 23.1 Å². The molecule has 0 unspecified atom stereocenters. The van der Waals surface area contributed by atoms with Crippen LogP contribution in [0.4, 0.5) is 19.3 Å². The van der Waals surface area contributed by atoms with Crippen LogP contribution in [0, 0.1) is 11.6 Å². The third kappa shape index (κ3) is 3.73. The van der Waals surface area contributed by atoms with Crippen molar-refractivity contribution in [1.82, 2.24) is 19.9 Å². The van der Waals surface area contributed by atoms with Crippen molar-refractivity contribution in [3.8, 4) is 0 Å². The molecule has 0 spiro atoms. The first-order valence-electron chi connectivity index (χ1n) is 7.49. The lowest BCUT2D eigenvalue weighted by atomic mass is 10.2. The number of ether oxygens (including phenoxy) is 1. The highest BCUT2D eigenvalue weighted by molar-refractivity contribution is 5.89. The number of urea groups is 1. The van der Waals surface area contributed by atoms with E-state index in [1.165, 1.54) is 17.9 Å². The zero-order chi connectivity index (χ0) is 18.0. The molecule has 10 heteroatoms. The third-order valence-electron chi connectivity index (χ3n) is 3.71. The Kier molecular flexibility index (Phi) is 4.59. The summed E-state index contributed by atoms with van der Waals surface area (Å²) < 4.78 is 32.7. The highest BCUT2D eigenvalue weighted by Gasteiger charge is 2.25. The van der Waals surface area contributed by atoms with Crippen LogP contribution in [-0.2, 0) is 29.2 Å². The summed E-state index contributed by atoms with van der Waals surface area (Å²) in [6.07, 6.45) is 0. The maximum Gasteiger partial charge on any atom is 0.322 e. The summed E-state index contributed by atoms with van der Waals surface area (Å²) >= 11 is 0. The lowest BCUT2D eigenvalue weighted by Gasteiger charge is -2.27. The van der Waals surface area contributed by atoms with Crippen LogP contribution in [0.2, 0.25) is 0 Å². The molecule has 1 N–H and O–H groups in total. The summed E-state index contributed by atoms with van der Waals surface area (Å²) in [5, 5.41) is 10.4. The highest BCUT2D eigenvalue weighted by atomic mass is 19.2. The van der Waals surface area contributed by atoms with E-state index in [4.69, 9.17) is 4.74 Å². The van der Waals surface area contributed by atoms with Gasteiger partial charge in [-0.15, -0.1) is 5.10 Å². The second-order valence-corrected chi connectivity index (χ2v) is 5.47. The molecule has 132 valence electrons. The molecular formula is C15H15F2N5O3. The van der Waals surface area contributed by atoms with Crippen LogP contribution in [0.5, 0.6) is 0 Å². The van der Waals surface area contributed by atoms with Gasteiger partial charge in [-0.3, -0.25) is 4.79 Å². The maximum absolute atomic E-state index is 13.2. The molecule has 0 atom stereocenters. The molecule has 1 aliphatic rings. The average Bonchev–Trinajstić information content (AvgIpc) is 2.98. The van der Waals surface area contributed by atoms with Gasteiger partial charge in [0.05, 0.1) is 18.8 Å². The van der Waals surface area contributed by atoms with E-state index in [0.717, 1.165) is 12.1 Å². The van der Waals surface area contributed by atoms with Gasteiger partial charge in [-0.25, -0.2) is 18.3 Å². The fraction of sp³-hybridized carbons (Fsp3) is 0.333. The number of nitrogens with one attached hydrogen (secondary N) is 1. The number of hydrogen-bond donors (Lipinski definition) is 1. The number of rotatable bonds is 3. The normalized spacial score (nSPS) is 13.3. The Morgan fingerprint density at radius 1 is 1.28 bits per heavy atom. The molecule has 2 amide bonds. The molecule has 3 rings (SSSR count). The van der Waals surface area contributed by atoms with Gasteiger partial charge >= 0.3 is 12.0 Å². The first kappa shape index (κ1) is 16.8. The quantitative estimate of drug-likeness (QED) is 0.850. The lowest BCUT2D eigenvalue weighted by Crippen LogP contribution is -2.41. The molecule has 1 aliphatic heterocycles. The van der Waals surface area contributed by atoms with E-state index in [2.05, 4.69) is 15.6 Å². The van der Waals surface area contributed by atoms with Gasteiger partial charge in [0, 0.05) is 25.2 Å². The number of benzene rings is 1. The van der Waals surface area contributed by atoms with Crippen LogP contribution in [0.15, 0.2) is 18.2 Å². The molecule has 2 aromatic rings. The van der Waals surface area contributed by atoms with Gasteiger partial charge < -0.3 is 15.0 Å². The fourth-order valence-electron chi connectivity index (χ4n) is 2.43. The Balaban J connectivity index is 1.68. The Bertz CT molecular complexity index is 823. The van der Waals surface area contributed by atoms with E-state index in [1.807, 2.05) is 0 Å². The summed E-state index contributed by atoms with van der Waals surface area (Å²) in [6.45, 7) is 2.27. The minimum Gasteiger partial charge on any atom is -0.459 e. The number of aromatic nitrogens is 3. The minimum atomic E-state index is -1.04. The summed E-state index contributed by atoms with van der Waals surface area (Å²) in [5.74, 6) is -2.46. The van der Waals surface area contributed by atoms with Crippen LogP contribution in [0.25, 0.3) is 0 Å². The van der Waals surface area contributed by atoms with Gasteiger partial charge in [0.25, 0.3) is 0 Å². The molecule has 1 aromatic heterocycles. The Hall–Kier alpha value is -3.04. The Morgan fingerprint density at radius 3 is 2.80 bits per heavy atom. The van der Waals surface area contributed by atoms with Crippen molar-refractivity contribution in [3.05, 3.63) is 41.2 Å². The molecule has 25 heavy (non-hydrogen) atoms. The van der Waals surface area contributed by atoms with E-state index in [9.17, 15) is 18.4 Å². The van der Waals surface area contributed by atoms with Crippen molar-refractivity contribution in [3.63, 3.8) is 0 Å². The average molecular weight is 351 g/mol. The van der Waals surface area contributed by atoms with Gasteiger partial charge in [-0.1, -0.05) is 5.21 Å². The second-order valence-electron chi connectivity index (χ2n) is 5.47. The lowest BCUT2D eigenvalue weighted by molar-refractivity contribution is -0.142. The van der Waals surface area contributed by atoms with E-state index in [-0.39, 0.29) is 18.8 Å². The number of fused-ring (bicyclic) bond motifs is 1. The molecular weight excluding hydrogens is 336 g/mol. The molecule has 0 fully saturated rings. The topological polar surface area (TPSA) is 89.3 Å². The predicted molar refractivity (Wildman–Crippen MR) is 81.3 cm³/mol. The smallest absolute Gasteiger partial charge is 0.322 e. The summed E-state index contributed by atoms with van der Waals surface area (Å²) in [7, 11) is 0. The summed E-state index contributed by atoms with van der Waals surface area (Å²) in [4.78, 5) is 24.7. The van der Waals surface area contributed by atoms with Gasteiger partial charge in [-0.05, 0) is 12.1 Å². The molecule has 0 saturated heterocycles. The molecule has 1 aromatic carbocycles. The van der Waals surface area contributed by atoms with Crippen LogP contribution in [-0.4, -0.2) is 38.4 Å². The Labute approximate surface area is 141 Å². The maximum atomic E-state index is 13.2. The van der Waals surface area contributed by atoms with E-state index in [0.29, 0.717) is 24.5 Å². The number of amides is 2. The van der Waals surface area contributed by atoms with Crippen molar-refractivity contribution in [1.29, 1.82) is 0 Å². The number of carbonyl (C=O) groups is 2. The van der Waals surface area contributed by atoms with E-state index >= 15 is 0 Å². The van der Waals surface area contributed by atoms with Crippen LogP contribution >= 0.6 is 0 Å². The zero-order valence-electron chi connectivity index (χ0n) is 13.3. The van der Waals surface area contributed by atoms with Gasteiger partial charge in [0.1, 0.15) is 12.3 Å². The first-order valence-corrected chi connectivity index (χ1v) is 7.49. The highest BCUT2D eigenvalue weighted by Crippen LogP contribution is 2.18. The largest absolute Gasteiger partial charge is 0.459 e. The molecule has 0 bridgehead atoms. The standard InChI is InChI=1S/C15H15F2N5O3/c1-9(23)25-8-13-14-7-21(4-5-22(14)20-19-13)15(24)18-10-2-3-11(16)12(17)6-10/h2-3,6H,4-5,7-8H2,1H3,(H,18,24). The fourth-order valence-corrected chi connectivity index (χ4v) is 2.43. The number of carbonyl (C=O) groups excluding carboxylic acids is 2.